The summed E-state index contributed by atoms with van der Waals surface area (Å²) in [5, 5.41) is 33.8. The minimum atomic E-state index is -2.74. The van der Waals surface area contributed by atoms with Crippen LogP contribution in [0.25, 0.3) is 0 Å². The summed E-state index contributed by atoms with van der Waals surface area (Å²) >= 11 is 0. The minimum absolute atomic E-state index is 0.729. The summed E-state index contributed by atoms with van der Waals surface area (Å²) in [6.07, 6.45) is -1.46. The van der Waals surface area contributed by atoms with Gasteiger partial charge in [-0.3, -0.25) is 14.4 Å². The number of carbonyl (C=O) groups is 4. The molecule has 0 unspecified atom stereocenters. The first-order valence-corrected chi connectivity index (χ1v) is 5.61. The predicted molar refractivity (Wildman–Crippen MR) is 68.9 cm³/mol. The molecule has 114 valence electrons. The fourth-order valence-electron chi connectivity index (χ4n) is 1.25. The van der Waals surface area contributed by atoms with Crippen LogP contribution >= 0.6 is 0 Å². The Bertz CT molecular complexity index is 492. The van der Waals surface area contributed by atoms with Gasteiger partial charge in [0.2, 0.25) is 0 Å². The summed E-state index contributed by atoms with van der Waals surface area (Å²) in [6.45, 7) is 0. The highest BCUT2D eigenvalue weighted by Gasteiger charge is 2.40. The van der Waals surface area contributed by atoms with Crippen LogP contribution in [0.2, 0.25) is 0 Å². The zero-order valence-electron chi connectivity index (χ0n) is 10.8. The standard InChI is InChI=1S/C7H6O.C6H8O7/c8-6-7-4-2-1-3-5-7;7-3(8)1-6(13,5(11)12)2-4(9)10/h1-6H;13H,1-2H2,(H,7,8)(H,9,10)(H,11,12). The number of carboxylic acids is 3. The summed E-state index contributed by atoms with van der Waals surface area (Å²) in [5.41, 5.74) is -2.01. The lowest BCUT2D eigenvalue weighted by molar-refractivity contribution is -0.170. The summed E-state index contributed by atoms with van der Waals surface area (Å²) in [6, 6.07) is 9.10. The number of aliphatic hydroxyl groups is 1. The molecule has 0 fully saturated rings. The Balaban J connectivity index is 0.000000423. The average Bonchev–Trinajstić information content (AvgIpc) is 2.38. The average molecular weight is 298 g/mol. The summed E-state index contributed by atoms with van der Waals surface area (Å²) in [4.78, 5) is 40.5. The Morgan fingerprint density at radius 3 is 1.62 bits per heavy atom. The van der Waals surface area contributed by atoms with Crippen LogP contribution in [-0.4, -0.2) is 50.2 Å². The van der Waals surface area contributed by atoms with E-state index in [1.165, 1.54) is 0 Å². The summed E-state index contributed by atoms with van der Waals surface area (Å²) in [7, 11) is 0. The monoisotopic (exact) mass is 298 g/mol. The van der Waals surface area contributed by atoms with Crippen LogP contribution in [0.5, 0.6) is 0 Å². The first-order valence-electron chi connectivity index (χ1n) is 5.61. The number of carbonyl (C=O) groups excluding carboxylic acids is 1. The highest BCUT2D eigenvalue weighted by molar-refractivity contribution is 5.88. The number of hydrogen-bond acceptors (Lipinski definition) is 5. The van der Waals surface area contributed by atoms with Crippen molar-refractivity contribution in [2.75, 3.05) is 0 Å². The molecule has 0 saturated carbocycles. The Morgan fingerprint density at radius 1 is 0.952 bits per heavy atom. The number of rotatable bonds is 6. The highest BCUT2D eigenvalue weighted by Crippen LogP contribution is 2.15. The van der Waals surface area contributed by atoms with Crippen LogP contribution < -0.4 is 0 Å². The maximum Gasteiger partial charge on any atom is 0.336 e. The van der Waals surface area contributed by atoms with Gasteiger partial charge in [0.15, 0.2) is 5.60 Å². The van der Waals surface area contributed by atoms with Gasteiger partial charge in [-0.1, -0.05) is 30.3 Å². The van der Waals surface area contributed by atoms with Crippen molar-refractivity contribution in [1.29, 1.82) is 0 Å². The highest BCUT2D eigenvalue weighted by atomic mass is 16.4. The molecule has 0 radical (unpaired) electrons. The fraction of sp³-hybridized carbons (Fsp3) is 0.231. The smallest absolute Gasteiger partial charge is 0.336 e. The van der Waals surface area contributed by atoms with Gasteiger partial charge in [-0.2, -0.15) is 0 Å². The molecule has 8 heteroatoms. The number of hydrogen-bond donors (Lipinski definition) is 4. The Kier molecular flexibility index (Phi) is 7.33. The first kappa shape index (κ1) is 18.3. The van der Waals surface area contributed by atoms with Gasteiger partial charge in [-0.05, 0) is 0 Å². The van der Waals surface area contributed by atoms with E-state index >= 15 is 0 Å². The molecule has 1 aromatic rings. The van der Waals surface area contributed by atoms with Gasteiger partial charge in [-0.15, -0.1) is 0 Å². The number of aldehydes is 1. The molecule has 1 aromatic carbocycles. The number of aliphatic carboxylic acids is 3. The van der Waals surface area contributed by atoms with Gasteiger partial charge in [0, 0.05) is 5.56 Å². The molecule has 1 rings (SSSR count). The molecule has 0 aliphatic carbocycles. The van der Waals surface area contributed by atoms with Crippen molar-refractivity contribution >= 4 is 24.2 Å². The van der Waals surface area contributed by atoms with E-state index in [1.807, 2.05) is 18.2 Å². The summed E-state index contributed by atoms with van der Waals surface area (Å²) < 4.78 is 0. The van der Waals surface area contributed by atoms with Crippen LogP contribution in [0.4, 0.5) is 0 Å². The molecular weight excluding hydrogens is 284 g/mol. The van der Waals surface area contributed by atoms with Crippen molar-refractivity contribution in [3.8, 4) is 0 Å². The van der Waals surface area contributed by atoms with Crippen LogP contribution in [0.1, 0.15) is 23.2 Å². The SMILES string of the molecule is O=C(O)CC(O)(CC(=O)O)C(=O)O.O=Cc1ccccc1. The van der Waals surface area contributed by atoms with E-state index < -0.39 is 36.4 Å². The molecule has 21 heavy (non-hydrogen) atoms. The van der Waals surface area contributed by atoms with E-state index in [9.17, 15) is 19.2 Å². The van der Waals surface area contributed by atoms with Gasteiger partial charge in [0.1, 0.15) is 6.29 Å². The van der Waals surface area contributed by atoms with E-state index in [0.29, 0.717) is 0 Å². The van der Waals surface area contributed by atoms with E-state index in [4.69, 9.17) is 20.4 Å². The van der Waals surface area contributed by atoms with Crippen molar-refractivity contribution in [1.82, 2.24) is 0 Å². The van der Waals surface area contributed by atoms with E-state index in [-0.39, 0.29) is 0 Å². The second kappa shape index (κ2) is 8.43. The predicted octanol–water partition coefficient (Wildman–Crippen LogP) is 0.251. The molecule has 0 bridgehead atoms. The van der Waals surface area contributed by atoms with Gasteiger partial charge >= 0.3 is 17.9 Å². The lowest BCUT2D eigenvalue weighted by Gasteiger charge is -2.18. The minimum Gasteiger partial charge on any atom is -0.481 e. The summed E-state index contributed by atoms with van der Waals surface area (Å²) in [5.74, 6) is -5.02. The normalized spacial score (nSPS) is 9.95. The van der Waals surface area contributed by atoms with Crippen LogP contribution in [0.3, 0.4) is 0 Å². The van der Waals surface area contributed by atoms with Crippen molar-refractivity contribution in [3.63, 3.8) is 0 Å². The van der Waals surface area contributed by atoms with Crippen LogP contribution in [-0.2, 0) is 14.4 Å². The molecule has 0 atom stereocenters. The lowest BCUT2D eigenvalue weighted by Crippen LogP contribution is -2.42. The zero-order valence-corrected chi connectivity index (χ0v) is 10.8. The van der Waals surface area contributed by atoms with Crippen LogP contribution in [0.15, 0.2) is 30.3 Å². The molecular formula is C13H14O8. The lowest BCUT2D eigenvalue weighted by atomic mass is 9.96. The quantitative estimate of drug-likeness (QED) is 0.546. The first-order chi connectivity index (χ1) is 9.71. The van der Waals surface area contributed by atoms with Crippen molar-refractivity contribution in [2.45, 2.75) is 18.4 Å². The zero-order chi connectivity index (χ0) is 16.5. The van der Waals surface area contributed by atoms with E-state index in [2.05, 4.69) is 0 Å². The maximum atomic E-state index is 10.3. The van der Waals surface area contributed by atoms with Crippen LogP contribution in [0, 0.1) is 0 Å². The van der Waals surface area contributed by atoms with E-state index in [0.717, 1.165) is 11.8 Å². The largest absolute Gasteiger partial charge is 0.481 e. The Hall–Kier alpha value is -2.74. The second-order valence-corrected chi connectivity index (χ2v) is 4.01. The molecule has 0 amide bonds. The fourth-order valence-corrected chi connectivity index (χ4v) is 1.25. The second-order valence-electron chi connectivity index (χ2n) is 4.01. The molecule has 8 nitrogen and oxygen atoms in total. The van der Waals surface area contributed by atoms with Crippen molar-refractivity contribution < 1.29 is 39.6 Å². The van der Waals surface area contributed by atoms with Gasteiger partial charge < -0.3 is 20.4 Å². The molecule has 0 aromatic heterocycles. The third-order valence-corrected chi connectivity index (χ3v) is 2.22. The Labute approximate surface area is 119 Å². The molecule has 0 saturated heterocycles. The van der Waals surface area contributed by atoms with Gasteiger partial charge in [0.25, 0.3) is 0 Å². The number of benzene rings is 1. The maximum absolute atomic E-state index is 10.3. The topological polar surface area (TPSA) is 149 Å². The van der Waals surface area contributed by atoms with Crippen molar-refractivity contribution in [2.24, 2.45) is 0 Å². The molecule has 4 N–H and O–H groups in total. The van der Waals surface area contributed by atoms with Gasteiger partial charge in [-0.25, -0.2) is 4.79 Å². The molecule has 0 heterocycles. The molecule has 0 spiro atoms. The Morgan fingerprint density at radius 2 is 1.38 bits per heavy atom. The number of carboxylic acid groups (broad SMARTS) is 3. The third kappa shape index (κ3) is 7.43. The van der Waals surface area contributed by atoms with E-state index in [1.54, 1.807) is 12.1 Å². The molecule has 0 aliphatic rings. The van der Waals surface area contributed by atoms with Crippen molar-refractivity contribution in [3.05, 3.63) is 35.9 Å². The third-order valence-electron chi connectivity index (χ3n) is 2.22. The molecule has 0 aliphatic heterocycles. The van der Waals surface area contributed by atoms with Gasteiger partial charge in [0.05, 0.1) is 12.8 Å².